The Morgan fingerprint density at radius 2 is 2.11 bits per heavy atom. The number of aliphatic hydroxyl groups excluding tert-OH is 1. The number of rotatable bonds is 6. The van der Waals surface area contributed by atoms with Crippen LogP contribution in [0.1, 0.15) is 12.8 Å². The van der Waals surface area contributed by atoms with Crippen LogP contribution in [0.4, 0.5) is 0 Å². The molecule has 4 atom stereocenters. The Labute approximate surface area is 111 Å². The van der Waals surface area contributed by atoms with Crippen LogP contribution >= 0.6 is 0 Å². The van der Waals surface area contributed by atoms with Gasteiger partial charge in [0, 0.05) is 18.8 Å². The van der Waals surface area contributed by atoms with Crippen molar-refractivity contribution in [3.05, 3.63) is 0 Å². The molecule has 18 heavy (non-hydrogen) atoms. The molecular weight excluding hydrogens is 284 g/mol. The summed E-state index contributed by atoms with van der Waals surface area (Å²) in [5, 5.41) is 19.8. The van der Waals surface area contributed by atoms with Crippen LogP contribution in [0.2, 0.25) is 0 Å². The van der Waals surface area contributed by atoms with Gasteiger partial charge in [0.25, 0.3) is 0 Å². The van der Waals surface area contributed by atoms with Crippen LogP contribution in [0.25, 0.3) is 0 Å². The van der Waals surface area contributed by atoms with Gasteiger partial charge in [-0.05, 0) is 12.8 Å². The Kier molecular flexibility index (Phi) is 6.81. The Morgan fingerprint density at radius 3 is 2.61 bits per heavy atom. The van der Waals surface area contributed by atoms with Gasteiger partial charge < -0.3 is 10.2 Å². The summed E-state index contributed by atoms with van der Waals surface area (Å²) in [6, 6.07) is -0.920. The van der Waals surface area contributed by atoms with E-state index in [1.165, 1.54) is 18.4 Å². The van der Waals surface area contributed by atoms with Gasteiger partial charge in [-0.1, -0.05) is 0 Å². The minimum absolute atomic E-state index is 0.192. The molecule has 1 heterocycles. The first-order valence-corrected chi connectivity index (χ1v) is 7.87. The summed E-state index contributed by atoms with van der Waals surface area (Å²) >= 11 is -3.13. The third kappa shape index (κ3) is 4.97. The predicted molar refractivity (Wildman–Crippen MR) is 65.2 cm³/mol. The van der Waals surface area contributed by atoms with Crippen LogP contribution < -0.4 is 4.72 Å². The lowest BCUT2D eigenvalue weighted by Crippen LogP contribution is -2.53. The molecule has 1 fully saturated rings. The Hall–Kier alpha value is 0.0600. The third-order valence-corrected chi connectivity index (χ3v) is 3.78. The van der Waals surface area contributed by atoms with E-state index in [-0.39, 0.29) is 6.04 Å². The highest BCUT2D eigenvalue weighted by atomic mass is 32.2. The van der Waals surface area contributed by atoms with E-state index in [4.69, 9.17) is 4.28 Å². The van der Waals surface area contributed by atoms with Crippen LogP contribution in [-0.2, 0) is 30.8 Å². The highest BCUT2D eigenvalue weighted by Crippen LogP contribution is 2.20. The maximum atomic E-state index is 11.2. The van der Waals surface area contributed by atoms with E-state index in [2.05, 4.69) is 8.91 Å². The highest BCUT2D eigenvalue weighted by molar-refractivity contribution is 7.79. The second-order valence-corrected chi connectivity index (χ2v) is 5.83. The molecule has 0 aliphatic carbocycles. The monoisotopic (exact) mass is 302 g/mol. The average molecular weight is 302 g/mol. The summed E-state index contributed by atoms with van der Waals surface area (Å²) in [4.78, 5) is 0. The lowest BCUT2D eigenvalue weighted by Gasteiger charge is -2.37. The summed E-state index contributed by atoms with van der Waals surface area (Å²) in [7, 11) is 1.31. The predicted octanol–water partition coefficient (Wildman–Crippen LogP) is -1.83. The van der Waals surface area contributed by atoms with Crippen molar-refractivity contribution in [2.24, 2.45) is 0 Å². The standard InChI is InChI=1S/C8H18N2O6S2/c1-15-18(14)9-6-3-4-10(16-17(2)13)7(5-6)8(11)12/h6-9,11-12H,3-5H2,1-2H3. The van der Waals surface area contributed by atoms with Gasteiger partial charge in [0.2, 0.25) is 11.3 Å². The SMILES string of the molecule is COS(=O)NC1CCN(OS(C)=O)C(C(O)O)C1. The van der Waals surface area contributed by atoms with E-state index in [0.29, 0.717) is 19.4 Å². The molecule has 108 valence electrons. The molecule has 3 N–H and O–H groups in total. The van der Waals surface area contributed by atoms with E-state index < -0.39 is 34.7 Å². The normalized spacial score (nSPS) is 29.4. The van der Waals surface area contributed by atoms with Crippen molar-refractivity contribution >= 4 is 22.3 Å². The van der Waals surface area contributed by atoms with Gasteiger partial charge in [0.1, 0.15) is 0 Å². The molecule has 8 nitrogen and oxygen atoms in total. The number of nitrogens with one attached hydrogen (secondary N) is 1. The van der Waals surface area contributed by atoms with E-state index in [1.807, 2.05) is 0 Å². The molecule has 0 aromatic carbocycles. The molecule has 10 heteroatoms. The summed E-state index contributed by atoms with van der Waals surface area (Å²) in [6.07, 6.45) is 0.582. The molecule has 4 unspecified atom stereocenters. The molecule has 0 aromatic rings. The Bertz CT molecular complexity index is 316. The second kappa shape index (κ2) is 7.60. The van der Waals surface area contributed by atoms with Crippen LogP contribution in [-0.4, -0.2) is 62.0 Å². The number of hydrogen-bond donors (Lipinski definition) is 3. The zero-order valence-electron chi connectivity index (χ0n) is 10.1. The molecule has 0 saturated carbocycles. The molecule has 1 rings (SSSR count). The van der Waals surface area contributed by atoms with Crippen LogP contribution in [0, 0.1) is 0 Å². The van der Waals surface area contributed by atoms with Crippen molar-refractivity contribution in [1.82, 2.24) is 9.79 Å². The summed E-state index contributed by atoms with van der Waals surface area (Å²) in [5.41, 5.74) is 0. The largest absolute Gasteiger partial charge is 0.367 e. The number of hydrogen-bond acceptors (Lipinski definition) is 7. The van der Waals surface area contributed by atoms with Crippen molar-refractivity contribution < 1.29 is 27.1 Å². The van der Waals surface area contributed by atoms with Crippen molar-refractivity contribution in [2.75, 3.05) is 19.9 Å². The van der Waals surface area contributed by atoms with E-state index >= 15 is 0 Å². The zero-order chi connectivity index (χ0) is 13.7. The highest BCUT2D eigenvalue weighted by Gasteiger charge is 2.35. The summed E-state index contributed by atoms with van der Waals surface area (Å²) < 4.78 is 34.4. The fourth-order valence-corrected chi connectivity index (χ4v) is 2.80. The van der Waals surface area contributed by atoms with E-state index in [9.17, 15) is 18.6 Å². The molecule has 0 aromatic heterocycles. The maximum Gasteiger partial charge on any atom is 0.234 e. The fourth-order valence-electron chi connectivity index (χ4n) is 1.76. The van der Waals surface area contributed by atoms with Gasteiger partial charge in [0.15, 0.2) is 17.4 Å². The first-order chi connectivity index (χ1) is 8.43. The van der Waals surface area contributed by atoms with E-state index in [0.717, 1.165) is 0 Å². The van der Waals surface area contributed by atoms with Gasteiger partial charge in [-0.25, -0.2) is 13.1 Å². The second-order valence-electron chi connectivity index (χ2n) is 3.84. The quantitative estimate of drug-likeness (QED) is 0.495. The lowest BCUT2D eigenvalue weighted by atomic mass is 9.99. The molecule has 0 spiro atoms. The zero-order valence-corrected chi connectivity index (χ0v) is 11.8. The summed E-state index contributed by atoms with van der Waals surface area (Å²) in [5.74, 6) is 0. The van der Waals surface area contributed by atoms with Crippen LogP contribution in [0.15, 0.2) is 0 Å². The summed E-state index contributed by atoms with van der Waals surface area (Å²) in [6.45, 7) is 0.348. The van der Waals surface area contributed by atoms with Crippen molar-refractivity contribution in [3.8, 4) is 0 Å². The number of aliphatic hydroxyl groups is 2. The topological polar surface area (TPSA) is 108 Å². The first kappa shape index (κ1) is 16.1. The van der Waals surface area contributed by atoms with Gasteiger partial charge >= 0.3 is 0 Å². The Morgan fingerprint density at radius 1 is 1.44 bits per heavy atom. The molecule has 0 bridgehead atoms. The van der Waals surface area contributed by atoms with Crippen LogP contribution in [0.5, 0.6) is 0 Å². The number of nitrogens with zero attached hydrogens (tertiary/aromatic N) is 1. The average Bonchev–Trinajstić information content (AvgIpc) is 2.30. The maximum absolute atomic E-state index is 11.2. The molecule has 1 aliphatic heterocycles. The molecule has 1 saturated heterocycles. The van der Waals surface area contributed by atoms with Gasteiger partial charge in [-0.3, -0.25) is 4.18 Å². The van der Waals surface area contributed by atoms with Gasteiger partial charge in [-0.2, -0.15) is 9.35 Å². The molecule has 0 amide bonds. The number of hydroxylamine groups is 2. The molecular formula is C8H18N2O6S2. The van der Waals surface area contributed by atoms with Crippen molar-refractivity contribution in [3.63, 3.8) is 0 Å². The first-order valence-electron chi connectivity index (χ1n) is 5.31. The smallest absolute Gasteiger partial charge is 0.234 e. The van der Waals surface area contributed by atoms with E-state index in [1.54, 1.807) is 0 Å². The van der Waals surface area contributed by atoms with Crippen LogP contribution in [0.3, 0.4) is 0 Å². The molecule has 1 aliphatic rings. The van der Waals surface area contributed by atoms with Crippen molar-refractivity contribution in [1.29, 1.82) is 0 Å². The minimum Gasteiger partial charge on any atom is -0.367 e. The minimum atomic E-state index is -1.63. The Balaban J connectivity index is 2.59. The van der Waals surface area contributed by atoms with Gasteiger partial charge in [-0.15, -0.1) is 0 Å². The number of piperidine rings is 1. The third-order valence-electron chi connectivity index (χ3n) is 2.55. The van der Waals surface area contributed by atoms with Gasteiger partial charge in [0.05, 0.1) is 13.2 Å². The van der Waals surface area contributed by atoms with Crippen molar-refractivity contribution in [2.45, 2.75) is 31.2 Å². The molecule has 0 radical (unpaired) electrons. The fraction of sp³-hybridized carbons (Fsp3) is 1.00. The lowest BCUT2D eigenvalue weighted by molar-refractivity contribution is -0.192.